The first-order chi connectivity index (χ1) is 13.8. The topological polar surface area (TPSA) is 58.2 Å². The van der Waals surface area contributed by atoms with Crippen molar-refractivity contribution in [1.29, 1.82) is 0 Å². The molecule has 3 aromatic rings. The van der Waals surface area contributed by atoms with Crippen molar-refractivity contribution in [1.82, 2.24) is 5.32 Å². The summed E-state index contributed by atoms with van der Waals surface area (Å²) in [7, 11) is 0. The molecule has 3 aromatic carbocycles. The van der Waals surface area contributed by atoms with Crippen molar-refractivity contribution in [3.8, 4) is 0 Å². The molecule has 0 unspecified atom stereocenters. The normalized spacial score (nSPS) is 11.0. The molecular formula is C22H17F3N2O2. The summed E-state index contributed by atoms with van der Waals surface area (Å²) in [5.74, 6) is -0.839. The molecular weight excluding hydrogens is 381 g/mol. The summed E-state index contributed by atoms with van der Waals surface area (Å²) in [6, 6.07) is 19.7. The van der Waals surface area contributed by atoms with Crippen molar-refractivity contribution in [3.63, 3.8) is 0 Å². The molecule has 148 valence electrons. The number of rotatable bonds is 5. The highest BCUT2D eigenvalue weighted by atomic mass is 19.4. The molecule has 29 heavy (non-hydrogen) atoms. The van der Waals surface area contributed by atoms with E-state index in [0.717, 1.165) is 17.7 Å². The van der Waals surface area contributed by atoms with E-state index in [1.54, 1.807) is 48.5 Å². The summed E-state index contributed by atoms with van der Waals surface area (Å²) < 4.78 is 38.3. The van der Waals surface area contributed by atoms with Crippen molar-refractivity contribution in [2.75, 3.05) is 5.32 Å². The van der Waals surface area contributed by atoms with Gasteiger partial charge in [-0.25, -0.2) is 0 Å². The highest BCUT2D eigenvalue weighted by molar-refractivity contribution is 6.04. The molecule has 0 radical (unpaired) electrons. The average molecular weight is 398 g/mol. The van der Waals surface area contributed by atoms with Crippen LogP contribution >= 0.6 is 0 Å². The molecule has 0 atom stereocenters. The molecule has 0 aliphatic heterocycles. The SMILES string of the molecule is O=C(NCc1ccc(NC(=O)c2cccc(C(F)(F)F)c2)cc1)c1ccccc1. The quantitative estimate of drug-likeness (QED) is 0.643. The van der Waals surface area contributed by atoms with E-state index in [0.29, 0.717) is 17.8 Å². The molecule has 0 fully saturated rings. The van der Waals surface area contributed by atoms with Crippen LogP contribution in [0.2, 0.25) is 0 Å². The fourth-order valence-electron chi connectivity index (χ4n) is 2.62. The van der Waals surface area contributed by atoms with Gasteiger partial charge in [-0.3, -0.25) is 9.59 Å². The lowest BCUT2D eigenvalue weighted by Gasteiger charge is -2.10. The second-order valence-electron chi connectivity index (χ2n) is 6.28. The molecule has 0 aromatic heterocycles. The summed E-state index contributed by atoms with van der Waals surface area (Å²) in [5, 5.41) is 5.35. The van der Waals surface area contributed by atoms with Gasteiger partial charge in [0.15, 0.2) is 0 Å². The van der Waals surface area contributed by atoms with E-state index in [2.05, 4.69) is 10.6 Å². The summed E-state index contributed by atoms with van der Waals surface area (Å²) in [6.07, 6.45) is -4.51. The molecule has 3 rings (SSSR count). The maximum atomic E-state index is 12.8. The minimum atomic E-state index is -4.51. The van der Waals surface area contributed by atoms with Crippen LogP contribution in [-0.4, -0.2) is 11.8 Å². The van der Waals surface area contributed by atoms with Crippen LogP contribution in [0.4, 0.5) is 18.9 Å². The van der Waals surface area contributed by atoms with Gasteiger partial charge in [0.25, 0.3) is 11.8 Å². The van der Waals surface area contributed by atoms with Crippen molar-refractivity contribution >= 4 is 17.5 Å². The predicted molar refractivity (Wildman–Crippen MR) is 103 cm³/mol. The Morgan fingerprint density at radius 1 is 0.759 bits per heavy atom. The molecule has 2 N–H and O–H groups in total. The Morgan fingerprint density at radius 3 is 2.07 bits per heavy atom. The maximum Gasteiger partial charge on any atom is 0.416 e. The van der Waals surface area contributed by atoms with Crippen LogP contribution in [0.1, 0.15) is 31.8 Å². The number of hydrogen-bond acceptors (Lipinski definition) is 2. The summed E-state index contributed by atoms with van der Waals surface area (Å²) >= 11 is 0. The lowest BCUT2D eigenvalue weighted by Crippen LogP contribution is -2.22. The third-order valence-electron chi connectivity index (χ3n) is 4.15. The zero-order chi connectivity index (χ0) is 20.9. The smallest absolute Gasteiger partial charge is 0.348 e. The number of halogens is 3. The standard InChI is InChI=1S/C22H17F3N2O2/c23-22(24,25)18-8-4-7-17(13-18)21(29)27-19-11-9-15(10-12-19)14-26-20(28)16-5-2-1-3-6-16/h1-13H,14H2,(H,26,28)(H,27,29). The number of hydrogen-bond donors (Lipinski definition) is 2. The minimum absolute atomic E-state index is 0.0842. The Balaban J connectivity index is 1.59. The third kappa shape index (κ3) is 5.44. The van der Waals surface area contributed by atoms with Gasteiger partial charge in [-0.05, 0) is 48.0 Å². The number of amides is 2. The van der Waals surface area contributed by atoms with Crippen LogP contribution in [-0.2, 0) is 12.7 Å². The first-order valence-electron chi connectivity index (χ1n) is 8.74. The van der Waals surface area contributed by atoms with Crippen molar-refractivity contribution in [2.24, 2.45) is 0 Å². The molecule has 0 spiro atoms. The average Bonchev–Trinajstić information content (AvgIpc) is 2.73. The van der Waals surface area contributed by atoms with Crippen LogP contribution in [0.5, 0.6) is 0 Å². The van der Waals surface area contributed by atoms with Crippen LogP contribution in [0, 0.1) is 0 Å². The first kappa shape index (κ1) is 20.1. The molecule has 0 bridgehead atoms. The van der Waals surface area contributed by atoms with E-state index in [1.165, 1.54) is 12.1 Å². The van der Waals surface area contributed by atoms with E-state index in [9.17, 15) is 22.8 Å². The summed E-state index contributed by atoms with van der Waals surface area (Å²) in [5.41, 5.74) is 0.836. The molecule has 0 aliphatic carbocycles. The van der Waals surface area contributed by atoms with Crippen molar-refractivity contribution < 1.29 is 22.8 Å². The zero-order valence-corrected chi connectivity index (χ0v) is 15.2. The Labute approximate surface area is 165 Å². The van der Waals surface area contributed by atoms with E-state index in [4.69, 9.17) is 0 Å². The van der Waals surface area contributed by atoms with E-state index in [1.807, 2.05) is 6.07 Å². The summed E-state index contributed by atoms with van der Waals surface area (Å²) in [6.45, 7) is 0.301. The monoisotopic (exact) mass is 398 g/mol. The van der Waals surface area contributed by atoms with Gasteiger partial charge in [-0.15, -0.1) is 0 Å². The Kier molecular flexibility index (Phi) is 5.97. The van der Waals surface area contributed by atoms with Crippen molar-refractivity contribution in [3.05, 3.63) is 101 Å². The Bertz CT molecular complexity index is 1000. The lowest BCUT2D eigenvalue weighted by atomic mass is 10.1. The second kappa shape index (κ2) is 8.60. The fraction of sp³-hybridized carbons (Fsp3) is 0.0909. The molecule has 4 nitrogen and oxygen atoms in total. The van der Waals surface area contributed by atoms with Crippen LogP contribution < -0.4 is 10.6 Å². The van der Waals surface area contributed by atoms with Gasteiger partial charge in [0.2, 0.25) is 0 Å². The van der Waals surface area contributed by atoms with Crippen molar-refractivity contribution in [2.45, 2.75) is 12.7 Å². The Hall–Kier alpha value is -3.61. The van der Waals surface area contributed by atoms with Gasteiger partial charge < -0.3 is 10.6 Å². The molecule has 7 heteroatoms. The zero-order valence-electron chi connectivity index (χ0n) is 15.2. The number of carbonyl (C=O) groups excluding carboxylic acids is 2. The van der Waals surface area contributed by atoms with Gasteiger partial charge >= 0.3 is 6.18 Å². The van der Waals surface area contributed by atoms with E-state index >= 15 is 0 Å². The number of alkyl halides is 3. The molecule has 2 amide bonds. The molecule has 0 aliphatic rings. The number of benzene rings is 3. The largest absolute Gasteiger partial charge is 0.416 e. The Morgan fingerprint density at radius 2 is 1.41 bits per heavy atom. The number of anilines is 1. The van der Waals surface area contributed by atoms with Gasteiger partial charge in [-0.1, -0.05) is 36.4 Å². The first-order valence-corrected chi connectivity index (χ1v) is 8.74. The highest BCUT2D eigenvalue weighted by Crippen LogP contribution is 2.29. The lowest BCUT2D eigenvalue weighted by molar-refractivity contribution is -0.137. The van der Waals surface area contributed by atoms with Gasteiger partial charge in [0, 0.05) is 23.4 Å². The molecule has 0 saturated heterocycles. The second-order valence-corrected chi connectivity index (χ2v) is 6.28. The molecule has 0 heterocycles. The van der Waals surface area contributed by atoms with Crippen LogP contribution in [0.25, 0.3) is 0 Å². The highest BCUT2D eigenvalue weighted by Gasteiger charge is 2.30. The molecule has 0 saturated carbocycles. The van der Waals surface area contributed by atoms with E-state index in [-0.39, 0.29) is 11.5 Å². The maximum absolute atomic E-state index is 12.8. The van der Waals surface area contributed by atoms with Crippen LogP contribution in [0.3, 0.4) is 0 Å². The summed E-state index contributed by atoms with van der Waals surface area (Å²) in [4.78, 5) is 24.3. The van der Waals surface area contributed by atoms with E-state index < -0.39 is 17.6 Å². The third-order valence-corrected chi connectivity index (χ3v) is 4.15. The number of carbonyl (C=O) groups is 2. The predicted octanol–water partition coefficient (Wildman–Crippen LogP) is 4.89. The fourth-order valence-corrected chi connectivity index (χ4v) is 2.62. The van der Waals surface area contributed by atoms with Crippen LogP contribution in [0.15, 0.2) is 78.9 Å². The van der Waals surface area contributed by atoms with Gasteiger partial charge in [0.1, 0.15) is 0 Å². The minimum Gasteiger partial charge on any atom is -0.348 e. The van der Waals surface area contributed by atoms with Gasteiger partial charge in [-0.2, -0.15) is 13.2 Å². The number of nitrogens with one attached hydrogen (secondary N) is 2. The van der Waals surface area contributed by atoms with Gasteiger partial charge in [0.05, 0.1) is 5.56 Å².